The molecule has 0 spiro atoms. The molecule has 2 aliphatic rings. The number of nitrogen functional groups attached to an aromatic ring is 1. The average Bonchev–Trinajstić information content (AvgIpc) is 3.32. The molecule has 1 atom stereocenters. The highest BCUT2D eigenvalue weighted by Crippen LogP contribution is 2.38. The van der Waals surface area contributed by atoms with Crippen LogP contribution in [0.25, 0.3) is 11.1 Å². The van der Waals surface area contributed by atoms with Crippen LogP contribution in [0.1, 0.15) is 30.0 Å². The van der Waals surface area contributed by atoms with Gasteiger partial charge in [-0.3, -0.25) is 4.68 Å². The van der Waals surface area contributed by atoms with Crippen LogP contribution < -0.4 is 15.6 Å². The topological polar surface area (TPSA) is 109 Å². The monoisotopic (exact) mass is 418 g/mol. The Morgan fingerprint density at radius 1 is 1.32 bits per heavy atom. The standard InChI is InChI=1S/C21H19FN8O/c1-12-15-8-14(22)3-4-17(15)30-26-5-6-29(30)11-16-20(18(9-23)28(2)27-16)13-7-19(31-12)21(24)25-10-13/h3-5,7-8,10,12H,6,11H2,1-2H3,(H2,24,25). The van der Waals surface area contributed by atoms with E-state index in [1.807, 2.05) is 11.9 Å². The number of anilines is 2. The van der Waals surface area contributed by atoms with Crippen molar-refractivity contribution in [3.8, 4) is 22.9 Å². The summed E-state index contributed by atoms with van der Waals surface area (Å²) in [6, 6.07) is 8.47. The molecule has 1 unspecified atom stereocenters. The molecule has 1 aromatic carbocycles. The van der Waals surface area contributed by atoms with Crippen LogP contribution in [0, 0.1) is 17.1 Å². The molecule has 2 bridgehead atoms. The summed E-state index contributed by atoms with van der Waals surface area (Å²) < 4.78 is 21.8. The fraction of sp³-hybridized carbons (Fsp3) is 0.238. The summed E-state index contributed by atoms with van der Waals surface area (Å²) in [5.41, 5.74) is 9.80. The fourth-order valence-corrected chi connectivity index (χ4v) is 3.97. The Bertz CT molecular complexity index is 1260. The second-order valence-corrected chi connectivity index (χ2v) is 7.41. The first-order valence-electron chi connectivity index (χ1n) is 9.71. The summed E-state index contributed by atoms with van der Waals surface area (Å²) >= 11 is 0. The van der Waals surface area contributed by atoms with E-state index >= 15 is 0 Å². The Morgan fingerprint density at radius 2 is 2.16 bits per heavy atom. The number of aromatic nitrogens is 3. The van der Waals surface area contributed by atoms with Gasteiger partial charge in [0.1, 0.15) is 23.7 Å². The second kappa shape index (κ2) is 7.07. The number of pyridine rings is 1. The smallest absolute Gasteiger partial charge is 0.166 e. The molecule has 2 N–H and O–H groups in total. The van der Waals surface area contributed by atoms with Crippen molar-refractivity contribution < 1.29 is 9.13 Å². The third-order valence-corrected chi connectivity index (χ3v) is 5.43. The van der Waals surface area contributed by atoms with Crippen molar-refractivity contribution >= 4 is 17.7 Å². The van der Waals surface area contributed by atoms with Crippen molar-refractivity contribution in [1.29, 1.82) is 5.26 Å². The van der Waals surface area contributed by atoms with Crippen LogP contribution in [-0.2, 0) is 13.6 Å². The average molecular weight is 418 g/mol. The number of nitrogens with zero attached hydrogens (tertiary/aromatic N) is 7. The molecular weight excluding hydrogens is 399 g/mol. The summed E-state index contributed by atoms with van der Waals surface area (Å²) in [7, 11) is 1.73. The minimum atomic E-state index is -0.536. The van der Waals surface area contributed by atoms with E-state index in [0.717, 1.165) is 0 Å². The van der Waals surface area contributed by atoms with Crippen molar-refractivity contribution in [2.45, 2.75) is 19.6 Å². The quantitative estimate of drug-likeness (QED) is 0.598. The van der Waals surface area contributed by atoms with E-state index in [1.165, 1.54) is 12.1 Å². The number of halogens is 1. The number of fused-ring (bicyclic) bond motifs is 7. The Kier molecular flexibility index (Phi) is 4.34. The van der Waals surface area contributed by atoms with Crippen LogP contribution in [0.4, 0.5) is 15.9 Å². The van der Waals surface area contributed by atoms with Gasteiger partial charge in [-0.15, -0.1) is 0 Å². The van der Waals surface area contributed by atoms with E-state index in [4.69, 9.17) is 10.5 Å². The minimum absolute atomic E-state index is 0.204. The maximum atomic E-state index is 14.1. The molecule has 0 saturated heterocycles. The van der Waals surface area contributed by atoms with E-state index in [9.17, 15) is 9.65 Å². The SMILES string of the molecule is CC1Oc2cc(cnc2N)-c2c(nn(C)c2C#N)CN2CC=NN2c2ccc(F)cc21. The molecule has 2 aliphatic heterocycles. The first kappa shape index (κ1) is 19.0. The van der Waals surface area contributed by atoms with Crippen molar-refractivity contribution in [2.75, 3.05) is 17.4 Å². The van der Waals surface area contributed by atoms with Crippen LogP contribution in [-0.4, -0.2) is 32.5 Å². The lowest BCUT2D eigenvalue weighted by Gasteiger charge is -2.30. The van der Waals surface area contributed by atoms with Crippen LogP contribution in [0.2, 0.25) is 0 Å². The van der Waals surface area contributed by atoms with E-state index in [0.29, 0.717) is 52.6 Å². The van der Waals surface area contributed by atoms with Gasteiger partial charge in [-0.2, -0.15) is 25.6 Å². The highest BCUT2D eigenvalue weighted by atomic mass is 19.1. The summed E-state index contributed by atoms with van der Waals surface area (Å²) in [4.78, 5) is 4.27. The largest absolute Gasteiger partial charge is 0.482 e. The number of nitrogens with two attached hydrogens (primary N) is 1. The number of hydrogen-bond acceptors (Lipinski definition) is 8. The molecule has 2 aromatic heterocycles. The van der Waals surface area contributed by atoms with Crippen molar-refractivity contribution in [1.82, 2.24) is 19.8 Å². The molecule has 0 saturated carbocycles. The summed E-state index contributed by atoms with van der Waals surface area (Å²) in [6.45, 7) is 2.74. The lowest BCUT2D eigenvalue weighted by atomic mass is 10.0. The number of benzene rings is 1. The van der Waals surface area contributed by atoms with Gasteiger partial charge in [-0.1, -0.05) is 0 Å². The summed E-state index contributed by atoms with van der Waals surface area (Å²) in [6.07, 6.45) is 2.84. The minimum Gasteiger partial charge on any atom is -0.482 e. The normalized spacial score (nSPS) is 17.6. The Balaban J connectivity index is 1.76. The molecule has 31 heavy (non-hydrogen) atoms. The Hall–Kier alpha value is -3.97. The van der Waals surface area contributed by atoms with Gasteiger partial charge in [-0.05, 0) is 31.2 Å². The lowest BCUT2D eigenvalue weighted by Crippen LogP contribution is -2.36. The van der Waals surface area contributed by atoms with Crippen LogP contribution in [0.15, 0.2) is 35.6 Å². The number of hydrazine groups is 1. The van der Waals surface area contributed by atoms with E-state index in [1.54, 1.807) is 41.4 Å². The van der Waals surface area contributed by atoms with Gasteiger partial charge in [-0.25, -0.2) is 9.37 Å². The molecular formula is C21H19FN8O. The van der Waals surface area contributed by atoms with Gasteiger partial charge in [0, 0.05) is 36.1 Å². The maximum Gasteiger partial charge on any atom is 0.166 e. The predicted molar refractivity (Wildman–Crippen MR) is 112 cm³/mol. The predicted octanol–water partition coefficient (Wildman–Crippen LogP) is 2.75. The number of hydrogen-bond donors (Lipinski definition) is 1. The maximum absolute atomic E-state index is 14.1. The second-order valence-electron chi connectivity index (χ2n) is 7.41. The lowest BCUT2D eigenvalue weighted by molar-refractivity contribution is 0.224. The molecule has 156 valence electrons. The van der Waals surface area contributed by atoms with Crippen molar-refractivity contribution in [3.63, 3.8) is 0 Å². The fourth-order valence-electron chi connectivity index (χ4n) is 3.97. The number of rotatable bonds is 0. The molecule has 0 fully saturated rings. The van der Waals surface area contributed by atoms with Crippen LogP contribution in [0.5, 0.6) is 5.75 Å². The molecule has 0 radical (unpaired) electrons. The van der Waals surface area contributed by atoms with Gasteiger partial charge in [0.2, 0.25) is 0 Å². The molecule has 5 rings (SSSR count). The van der Waals surface area contributed by atoms with Crippen molar-refractivity contribution in [2.24, 2.45) is 12.1 Å². The van der Waals surface area contributed by atoms with Gasteiger partial charge < -0.3 is 10.5 Å². The highest BCUT2D eigenvalue weighted by Gasteiger charge is 2.29. The van der Waals surface area contributed by atoms with Gasteiger partial charge in [0.25, 0.3) is 0 Å². The highest BCUT2D eigenvalue weighted by molar-refractivity contribution is 5.74. The Labute approximate surface area is 177 Å². The number of ether oxygens (including phenoxy) is 1. The first-order valence-corrected chi connectivity index (χ1v) is 9.71. The molecule has 0 amide bonds. The van der Waals surface area contributed by atoms with Gasteiger partial charge in [0.15, 0.2) is 11.6 Å². The molecule has 0 aliphatic carbocycles. The van der Waals surface area contributed by atoms with E-state index < -0.39 is 6.10 Å². The first-order chi connectivity index (χ1) is 15.0. The van der Waals surface area contributed by atoms with E-state index in [2.05, 4.69) is 21.3 Å². The number of nitriles is 1. The molecule has 9 nitrogen and oxygen atoms in total. The molecule has 3 aromatic rings. The zero-order valence-corrected chi connectivity index (χ0v) is 16.9. The molecule has 10 heteroatoms. The zero-order valence-electron chi connectivity index (χ0n) is 16.9. The number of aryl methyl sites for hydroxylation is 1. The van der Waals surface area contributed by atoms with Crippen LogP contribution in [0.3, 0.4) is 0 Å². The van der Waals surface area contributed by atoms with Crippen molar-refractivity contribution in [3.05, 3.63) is 53.2 Å². The van der Waals surface area contributed by atoms with Gasteiger partial charge in [0.05, 0.1) is 24.5 Å². The summed E-state index contributed by atoms with van der Waals surface area (Å²) in [5.74, 6) is 0.179. The third-order valence-electron chi connectivity index (χ3n) is 5.43. The zero-order chi connectivity index (χ0) is 21.7. The Morgan fingerprint density at radius 3 is 2.97 bits per heavy atom. The molecule has 4 heterocycles. The van der Waals surface area contributed by atoms with E-state index in [-0.39, 0.29) is 11.6 Å². The van der Waals surface area contributed by atoms with Crippen LogP contribution >= 0.6 is 0 Å². The summed E-state index contributed by atoms with van der Waals surface area (Å²) in [5, 5.41) is 22.5. The van der Waals surface area contributed by atoms with Gasteiger partial charge >= 0.3 is 0 Å². The third kappa shape index (κ3) is 3.06. The number of hydrazone groups is 1.